The van der Waals surface area contributed by atoms with Gasteiger partial charge in [0.1, 0.15) is 0 Å². The lowest BCUT2D eigenvalue weighted by Gasteiger charge is -1.86. The molecule has 1 N–H and O–H groups in total. The van der Waals surface area contributed by atoms with Crippen LogP contribution in [-0.4, -0.2) is 11.9 Å². The molecule has 0 heterocycles. The molecule has 0 aromatic heterocycles. The Labute approximate surface area is 62.2 Å². The Bertz CT molecular complexity index is 141. The zero-order chi connectivity index (χ0) is 7.82. The van der Waals surface area contributed by atoms with Crippen LogP contribution in [0.4, 0.5) is 0 Å². The van der Waals surface area contributed by atoms with Gasteiger partial charge in [-0.25, -0.2) is 0 Å². The molecule has 0 aromatic rings. The van der Waals surface area contributed by atoms with Gasteiger partial charge in [-0.15, -0.1) is 0 Å². The summed E-state index contributed by atoms with van der Waals surface area (Å²) in [5.74, 6) is 3.26. The normalized spacial score (nSPS) is 10.5. The van der Waals surface area contributed by atoms with E-state index in [0.717, 1.165) is 0 Å². The van der Waals surface area contributed by atoms with E-state index in [1.807, 2.05) is 0 Å². The van der Waals surface area contributed by atoms with Crippen molar-refractivity contribution in [2.75, 3.05) is 0 Å². The largest absolute Gasteiger partial charge is 0.443 e. The molecule has 0 aromatic carbocycles. The smallest absolute Gasteiger partial charge is 0.343 e. The highest BCUT2D eigenvalue weighted by molar-refractivity contribution is 6.61. The maximum atomic E-state index is 9.04. The maximum absolute atomic E-state index is 9.04. The van der Waals surface area contributed by atoms with Gasteiger partial charge in [-0.2, -0.15) is 0 Å². The van der Waals surface area contributed by atoms with Gasteiger partial charge in [-0.1, -0.05) is 49.4 Å². The molecule has 0 fully saturated rings. The van der Waals surface area contributed by atoms with Gasteiger partial charge in [-0.05, 0) is 0 Å². The minimum Gasteiger partial charge on any atom is -0.443 e. The summed E-state index contributed by atoms with van der Waals surface area (Å²) in [7, 11) is 0. The average molecular weight is 134 g/mol. The van der Waals surface area contributed by atoms with Crippen LogP contribution in [0.1, 0.15) is 0 Å². The molecule has 0 aliphatic rings. The summed E-state index contributed by atoms with van der Waals surface area (Å²) in [5, 5.41) is 9.04. The van der Waals surface area contributed by atoms with Crippen LogP contribution in [-0.2, 0) is 0 Å². The molecule has 0 radical (unpaired) electrons. The molecule has 0 aliphatic heterocycles. The van der Waals surface area contributed by atoms with Crippen LogP contribution in [0.25, 0.3) is 0 Å². The molecule has 0 spiro atoms. The summed E-state index contributed by atoms with van der Waals surface area (Å²) < 4.78 is 0. The van der Waals surface area contributed by atoms with E-state index in [-0.39, 0.29) is 0 Å². The van der Waals surface area contributed by atoms with Crippen LogP contribution in [0.2, 0.25) is 0 Å². The molecule has 0 unspecified atom stereocenters. The number of hydrogen-bond acceptors (Lipinski definition) is 1. The fourth-order valence-corrected chi connectivity index (χ4v) is 0.449. The third-order valence-corrected chi connectivity index (χ3v) is 0.889. The average Bonchev–Trinajstić information content (AvgIpc) is 1.97. The zero-order valence-corrected chi connectivity index (χ0v) is 5.90. The van der Waals surface area contributed by atoms with E-state index in [1.54, 1.807) is 36.3 Å². The molecule has 1 nitrogen and oxygen atoms in total. The Morgan fingerprint density at radius 2 is 1.40 bits per heavy atom. The van der Waals surface area contributed by atoms with Gasteiger partial charge in [0.25, 0.3) is 0 Å². The Morgan fingerprint density at radius 3 is 1.70 bits per heavy atom. The first kappa shape index (κ1) is 8.98. The second-order valence-electron chi connectivity index (χ2n) is 1.73. The van der Waals surface area contributed by atoms with Crippen molar-refractivity contribution in [3.05, 3.63) is 49.4 Å². The van der Waals surface area contributed by atoms with Crippen LogP contribution in [0.15, 0.2) is 49.4 Å². The molecule has 0 bridgehead atoms. The van der Waals surface area contributed by atoms with Crippen LogP contribution >= 0.6 is 0 Å². The van der Waals surface area contributed by atoms with Gasteiger partial charge < -0.3 is 5.02 Å². The molecule has 0 rings (SSSR count). The van der Waals surface area contributed by atoms with Gasteiger partial charge in [-0.3, -0.25) is 0 Å². The van der Waals surface area contributed by atoms with E-state index in [4.69, 9.17) is 5.02 Å². The standard InChI is InChI=1S/C8H11BO/c1-3-5-7-9(10)8-6-4-2/h3-8,10H,1-2H2. The van der Waals surface area contributed by atoms with Crippen molar-refractivity contribution in [3.8, 4) is 0 Å². The summed E-state index contributed by atoms with van der Waals surface area (Å²) in [4.78, 5) is 0. The van der Waals surface area contributed by atoms with E-state index >= 15 is 0 Å². The van der Waals surface area contributed by atoms with E-state index in [2.05, 4.69) is 13.2 Å². The van der Waals surface area contributed by atoms with Crippen molar-refractivity contribution >= 4 is 6.92 Å². The highest BCUT2D eigenvalue weighted by Crippen LogP contribution is 1.84. The molecule has 52 valence electrons. The number of allylic oxidation sites excluding steroid dienone is 4. The van der Waals surface area contributed by atoms with E-state index in [0.29, 0.717) is 0 Å². The quantitative estimate of drug-likeness (QED) is 0.456. The first-order chi connectivity index (χ1) is 4.81. The van der Waals surface area contributed by atoms with Crippen LogP contribution in [0, 0.1) is 0 Å². The highest BCUT2D eigenvalue weighted by Gasteiger charge is 1.95. The van der Waals surface area contributed by atoms with Gasteiger partial charge in [0, 0.05) is 0 Å². The minimum absolute atomic E-state index is 0.531. The minimum atomic E-state index is -0.531. The maximum Gasteiger partial charge on any atom is 0.343 e. The van der Waals surface area contributed by atoms with E-state index < -0.39 is 6.92 Å². The summed E-state index contributed by atoms with van der Waals surface area (Å²) >= 11 is 0. The van der Waals surface area contributed by atoms with Gasteiger partial charge in [0.05, 0.1) is 0 Å². The molecule has 0 aliphatic carbocycles. The molecular weight excluding hydrogens is 123 g/mol. The third kappa shape index (κ3) is 5.13. The Balaban J connectivity index is 3.72. The summed E-state index contributed by atoms with van der Waals surface area (Å²) in [6.07, 6.45) is 6.62. The molecular formula is C8H11BO. The van der Waals surface area contributed by atoms with Crippen LogP contribution < -0.4 is 0 Å². The molecule has 0 atom stereocenters. The van der Waals surface area contributed by atoms with Gasteiger partial charge >= 0.3 is 6.92 Å². The highest BCUT2D eigenvalue weighted by atomic mass is 16.2. The topological polar surface area (TPSA) is 20.2 Å². The van der Waals surface area contributed by atoms with Gasteiger partial charge in [0.2, 0.25) is 0 Å². The third-order valence-electron chi connectivity index (χ3n) is 0.889. The fraction of sp³-hybridized carbons (Fsp3) is 0. The van der Waals surface area contributed by atoms with Crippen molar-refractivity contribution in [2.45, 2.75) is 0 Å². The molecule has 10 heavy (non-hydrogen) atoms. The second kappa shape index (κ2) is 6.11. The SMILES string of the molecule is C=CC=CB(O)C=CC=C. The second-order valence-corrected chi connectivity index (χ2v) is 1.73. The van der Waals surface area contributed by atoms with Gasteiger partial charge in [0.15, 0.2) is 0 Å². The summed E-state index contributed by atoms with van der Waals surface area (Å²) in [6, 6.07) is 0. The van der Waals surface area contributed by atoms with E-state index in [1.165, 1.54) is 0 Å². The van der Waals surface area contributed by atoms with Crippen LogP contribution in [0.5, 0.6) is 0 Å². The van der Waals surface area contributed by atoms with E-state index in [9.17, 15) is 0 Å². The molecule has 0 saturated heterocycles. The summed E-state index contributed by atoms with van der Waals surface area (Å²) in [5.41, 5.74) is 0. The van der Waals surface area contributed by atoms with Crippen molar-refractivity contribution in [2.24, 2.45) is 0 Å². The van der Waals surface area contributed by atoms with Crippen molar-refractivity contribution < 1.29 is 5.02 Å². The molecule has 2 heteroatoms. The summed E-state index contributed by atoms with van der Waals surface area (Å²) in [6.45, 7) is 6.41. The zero-order valence-electron chi connectivity index (χ0n) is 5.90. The first-order valence-corrected chi connectivity index (χ1v) is 3.07. The van der Waals surface area contributed by atoms with Crippen molar-refractivity contribution in [1.82, 2.24) is 0 Å². The van der Waals surface area contributed by atoms with Crippen molar-refractivity contribution in [1.29, 1.82) is 0 Å². The first-order valence-electron chi connectivity index (χ1n) is 3.07. The Morgan fingerprint density at radius 1 is 1.00 bits per heavy atom. The Kier molecular flexibility index (Phi) is 5.49. The Hall–Kier alpha value is -1.02. The molecule has 0 amide bonds. The van der Waals surface area contributed by atoms with Crippen molar-refractivity contribution in [3.63, 3.8) is 0 Å². The number of rotatable bonds is 4. The lowest BCUT2D eigenvalue weighted by atomic mass is 9.68. The lowest BCUT2D eigenvalue weighted by molar-refractivity contribution is 0.598. The predicted octanol–water partition coefficient (Wildman–Crippen LogP) is 1.53. The van der Waals surface area contributed by atoms with Crippen LogP contribution in [0.3, 0.4) is 0 Å². The number of hydrogen-bond donors (Lipinski definition) is 1. The fourth-order valence-electron chi connectivity index (χ4n) is 0.449. The lowest BCUT2D eigenvalue weighted by Crippen LogP contribution is -2.02. The monoisotopic (exact) mass is 134 g/mol. The molecule has 0 saturated carbocycles. The predicted molar refractivity (Wildman–Crippen MR) is 46.6 cm³/mol.